The predicted molar refractivity (Wildman–Crippen MR) is 154 cm³/mol. The predicted octanol–water partition coefficient (Wildman–Crippen LogP) is 5.52. The second kappa shape index (κ2) is 11.1. The first-order valence-electron chi connectivity index (χ1n) is 13.2. The van der Waals surface area contributed by atoms with Gasteiger partial charge in [-0.15, -0.1) is 11.8 Å². The molecule has 0 saturated carbocycles. The molecule has 3 amide bonds. The number of benzene rings is 3. The summed E-state index contributed by atoms with van der Waals surface area (Å²) in [6, 6.07) is 21.4. The van der Waals surface area contributed by atoms with Crippen molar-refractivity contribution >= 4 is 57.9 Å². The van der Waals surface area contributed by atoms with Gasteiger partial charge in [0, 0.05) is 22.6 Å². The van der Waals surface area contributed by atoms with Crippen LogP contribution in [-0.2, 0) is 19.2 Å². The number of hydrogen-bond donors (Lipinski definition) is 2. The highest BCUT2D eigenvalue weighted by Gasteiger charge is 2.40. The molecule has 0 spiro atoms. The smallest absolute Gasteiger partial charge is 0.307 e. The van der Waals surface area contributed by atoms with Crippen LogP contribution in [0.25, 0.3) is 22.6 Å². The van der Waals surface area contributed by atoms with E-state index in [4.69, 9.17) is 4.42 Å². The lowest BCUT2D eigenvalue weighted by Crippen LogP contribution is -2.34. The molecule has 10 heteroatoms. The Bertz CT molecular complexity index is 1650. The van der Waals surface area contributed by atoms with Crippen molar-refractivity contribution in [2.45, 2.75) is 29.4 Å². The van der Waals surface area contributed by atoms with Gasteiger partial charge in [-0.05, 0) is 73.5 Å². The monoisotopic (exact) mass is 567 g/mol. The Labute approximate surface area is 239 Å². The Kier molecular flexibility index (Phi) is 7.15. The number of amides is 3. The number of anilines is 2. The van der Waals surface area contributed by atoms with E-state index in [-0.39, 0.29) is 24.1 Å². The normalized spacial score (nSPS) is 20.5. The number of carboxylic acids is 1. The van der Waals surface area contributed by atoms with Crippen LogP contribution in [0.3, 0.4) is 0 Å². The zero-order chi connectivity index (χ0) is 28.5. The summed E-state index contributed by atoms with van der Waals surface area (Å²) in [7, 11) is 0. The number of carbonyl (C=O) groups excluding carboxylic acids is 3. The molecule has 9 nitrogen and oxygen atoms in total. The molecule has 3 atom stereocenters. The van der Waals surface area contributed by atoms with Crippen molar-refractivity contribution in [1.82, 2.24) is 4.98 Å². The van der Waals surface area contributed by atoms with Crippen LogP contribution in [0.1, 0.15) is 19.3 Å². The molecule has 2 heterocycles. The van der Waals surface area contributed by atoms with Gasteiger partial charge in [0.2, 0.25) is 23.6 Å². The van der Waals surface area contributed by atoms with Crippen molar-refractivity contribution in [3.8, 4) is 11.5 Å². The van der Waals surface area contributed by atoms with E-state index in [2.05, 4.69) is 10.3 Å². The molecule has 0 radical (unpaired) electrons. The van der Waals surface area contributed by atoms with Crippen LogP contribution in [0.2, 0.25) is 0 Å². The molecule has 2 aliphatic rings. The van der Waals surface area contributed by atoms with Gasteiger partial charge in [0.1, 0.15) is 5.52 Å². The third-order valence-electron chi connectivity index (χ3n) is 7.26. The maximum Gasteiger partial charge on any atom is 0.307 e. The zero-order valence-corrected chi connectivity index (χ0v) is 22.5. The Morgan fingerprint density at radius 2 is 1.63 bits per heavy atom. The minimum absolute atomic E-state index is 0.0701. The lowest BCUT2D eigenvalue weighted by Gasteiger charge is -2.24. The fourth-order valence-electron chi connectivity index (χ4n) is 5.11. The summed E-state index contributed by atoms with van der Waals surface area (Å²) in [5, 5.41) is 11.7. The third kappa shape index (κ3) is 5.38. The van der Waals surface area contributed by atoms with Crippen LogP contribution in [0.5, 0.6) is 0 Å². The van der Waals surface area contributed by atoms with Crippen LogP contribution in [0, 0.1) is 11.8 Å². The van der Waals surface area contributed by atoms with Gasteiger partial charge in [0.25, 0.3) is 0 Å². The summed E-state index contributed by atoms with van der Waals surface area (Å²) < 4.78 is 5.81. The van der Waals surface area contributed by atoms with Crippen molar-refractivity contribution in [3.05, 3.63) is 84.9 Å². The number of rotatable bonds is 7. The number of nitrogens with one attached hydrogen (secondary N) is 1. The van der Waals surface area contributed by atoms with Crippen LogP contribution >= 0.6 is 11.8 Å². The van der Waals surface area contributed by atoms with Gasteiger partial charge in [0.15, 0.2) is 5.58 Å². The van der Waals surface area contributed by atoms with Crippen LogP contribution < -0.4 is 10.2 Å². The maximum atomic E-state index is 13.2. The first-order chi connectivity index (χ1) is 19.9. The van der Waals surface area contributed by atoms with Gasteiger partial charge >= 0.3 is 5.97 Å². The van der Waals surface area contributed by atoms with E-state index in [9.17, 15) is 24.3 Å². The molecule has 4 aromatic rings. The molecule has 1 aliphatic heterocycles. The molecule has 6 rings (SSSR count). The molecule has 1 aliphatic carbocycles. The number of hydrogen-bond acceptors (Lipinski definition) is 7. The summed E-state index contributed by atoms with van der Waals surface area (Å²) in [5.41, 5.74) is 3.19. The van der Waals surface area contributed by atoms with Crippen LogP contribution in [0.4, 0.5) is 11.4 Å². The fraction of sp³-hybridized carbons (Fsp3) is 0.194. The van der Waals surface area contributed by atoms with Crippen LogP contribution in [-0.4, -0.2) is 39.0 Å². The molecule has 3 unspecified atom stereocenters. The Balaban J connectivity index is 1.09. The van der Waals surface area contributed by atoms with Gasteiger partial charge in [-0.25, -0.2) is 9.88 Å². The molecule has 41 heavy (non-hydrogen) atoms. The number of aliphatic carboxylic acids is 1. The quantitative estimate of drug-likeness (QED) is 0.220. The summed E-state index contributed by atoms with van der Waals surface area (Å²) in [4.78, 5) is 56.7. The Hall–Kier alpha value is -4.70. The van der Waals surface area contributed by atoms with Gasteiger partial charge in [-0.2, -0.15) is 0 Å². The minimum atomic E-state index is -0.981. The number of oxazole rings is 1. The SMILES string of the molecule is O=C(O)C1CC=CCC1C(=O)Nc1ccc(SC2CC(=O)N(c3ccc(-c4nc5ccccc5o4)cc3)C2=O)cc1. The van der Waals surface area contributed by atoms with Gasteiger partial charge in [-0.1, -0.05) is 24.3 Å². The van der Waals surface area contributed by atoms with Gasteiger partial charge in [0.05, 0.1) is 22.8 Å². The second-order valence-electron chi connectivity index (χ2n) is 9.92. The first kappa shape index (κ1) is 26.5. The molecule has 1 saturated heterocycles. The van der Waals surface area contributed by atoms with E-state index in [0.717, 1.165) is 16.0 Å². The summed E-state index contributed by atoms with van der Waals surface area (Å²) >= 11 is 1.29. The Morgan fingerprint density at radius 3 is 2.34 bits per heavy atom. The maximum absolute atomic E-state index is 13.2. The number of allylic oxidation sites excluding steroid dienone is 2. The van der Waals surface area contributed by atoms with E-state index in [0.29, 0.717) is 35.7 Å². The minimum Gasteiger partial charge on any atom is -0.481 e. The first-order valence-corrected chi connectivity index (χ1v) is 14.0. The number of nitrogens with zero attached hydrogens (tertiary/aromatic N) is 2. The number of fused-ring (bicyclic) bond motifs is 1. The van der Waals surface area contributed by atoms with Crippen LogP contribution in [0.15, 0.2) is 94.3 Å². The van der Waals surface area contributed by atoms with Crippen molar-refractivity contribution < 1.29 is 28.7 Å². The Morgan fingerprint density at radius 1 is 0.927 bits per heavy atom. The number of imide groups is 1. The second-order valence-corrected chi connectivity index (χ2v) is 11.2. The van der Waals surface area contributed by atoms with Crippen molar-refractivity contribution in [2.75, 3.05) is 10.2 Å². The average Bonchev–Trinajstić information content (AvgIpc) is 3.54. The lowest BCUT2D eigenvalue weighted by molar-refractivity contribution is -0.146. The van der Waals surface area contributed by atoms with Gasteiger partial charge < -0.3 is 14.8 Å². The number of thioether (sulfide) groups is 1. The highest BCUT2D eigenvalue weighted by Crippen LogP contribution is 2.35. The van der Waals surface area contributed by atoms with Crippen molar-refractivity contribution in [3.63, 3.8) is 0 Å². The highest BCUT2D eigenvalue weighted by molar-refractivity contribution is 8.00. The van der Waals surface area contributed by atoms with Crippen molar-refractivity contribution in [2.24, 2.45) is 11.8 Å². The molecule has 1 fully saturated rings. The summed E-state index contributed by atoms with van der Waals surface area (Å²) in [6.07, 6.45) is 4.40. The number of carbonyl (C=O) groups is 4. The standard InChI is InChI=1S/C31H25N3O6S/c35-27-17-26(41-21-15-11-19(12-16-21)32-28(36)22-5-1-2-6-23(22)31(38)39)30(37)34(27)20-13-9-18(10-14-20)29-33-24-7-3-4-8-25(24)40-29/h1-4,7-16,22-23,26H,5-6,17H2,(H,32,36)(H,38,39). The summed E-state index contributed by atoms with van der Waals surface area (Å²) in [5.74, 6) is -2.81. The fourth-order valence-corrected chi connectivity index (χ4v) is 6.16. The number of carboxylic acid groups (broad SMARTS) is 1. The lowest BCUT2D eigenvalue weighted by atomic mass is 9.82. The molecule has 0 bridgehead atoms. The summed E-state index contributed by atoms with van der Waals surface area (Å²) in [6.45, 7) is 0. The van der Waals surface area contributed by atoms with E-state index in [1.54, 1.807) is 54.6 Å². The average molecular weight is 568 g/mol. The third-order valence-corrected chi connectivity index (χ3v) is 8.46. The largest absolute Gasteiger partial charge is 0.481 e. The van der Waals surface area contributed by atoms with E-state index >= 15 is 0 Å². The van der Waals surface area contributed by atoms with Gasteiger partial charge in [-0.3, -0.25) is 19.2 Å². The number of aromatic nitrogens is 1. The molecular formula is C31H25N3O6S. The highest BCUT2D eigenvalue weighted by atomic mass is 32.2. The molecule has 3 aromatic carbocycles. The molecule has 1 aromatic heterocycles. The topological polar surface area (TPSA) is 130 Å². The van der Waals surface area contributed by atoms with E-state index in [1.165, 1.54) is 16.7 Å². The van der Waals surface area contributed by atoms with E-state index < -0.39 is 23.1 Å². The van der Waals surface area contributed by atoms with E-state index in [1.807, 2.05) is 30.3 Å². The number of para-hydroxylation sites is 2. The molecular weight excluding hydrogens is 542 g/mol. The molecule has 206 valence electrons. The molecule has 2 N–H and O–H groups in total. The zero-order valence-electron chi connectivity index (χ0n) is 21.7. The van der Waals surface area contributed by atoms with Crippen molar-refractivity contribution in [1.29, 1.82) is 0 Å².